The molecule has 4 saturated heterocycles. The number of esters is 2. The van der Waals surface area contributed by atoms with Gasteiger partial charge in [0.1, 0.15) is 12.2 Å². The van der Waals surface area contributed by atoms with Gasteiger partial charge < -0.3 is 14.6 Å². The van der Waals surface area contributed by atoms with Gasteiger partial charge in [0.2, 0.25) is 0 Å². The number of rotatable bonds is 2. The zero-order chi connectivity index (χ0) is 19.7. The molecule has 4 heterocycles. The van der Waals surface area contributed by atoms with Crippen molar-refractivity contribution in [2.45, 2.75) is 83.3 Å². The molecule has 0 aromatic rings. The molecule has 28 heavy (non-hydrogen) atoms. The van der Waals surface area contributed by atoms with E-state index >= 15 is 0 Å². The summed E-state index contributed by atoms with van der Waals surface area (Å²) in [6.45, 7) is 6.97. The van der Waals surface area contributed by atoms with Crippen LogP contribution in [0.4, 0.5) is 0 Å². The molecule has 5 aliphatic rings. The minimum Gasteiger partial charge on any atom is -0.460 e. The van der Waals surface area contributed by atoms with Crippen molar-refractivity contribution in [2.24, 2.45) is 35.5 Å². The number of cyclic esters (lactones) is 1. The number of carbonyl (C=O) groups is 2. The third-order valence-electron chi connectivity index (χ3n) is 8.66. The van der Waals surface area contributed by atoms with E-state index in [1.165, 1.54) is 6.42 Å². The number of carbonyl (C=O) groups excluding carboxylic acids is 2. The van der Waals surface area contributed by atoms with Crippen LogP contribution >= 0.6 is 0 Å². The molecule has 6 heteroatoms. The lowest BCUT2D eigenvalue weighted by Crippen LogP contribution is -2.60. The summed E-state index contributed by atoms with van der Waals surface area (Å²) in [5.41, 5.74) is 0. The van der Waals surface area contributed by atoms with E-state index in [1.807, 2.05) is 13.8 Å². The lowest BCUT2D eigenvalue weighted by Gasteiger charge is -2.52. The van der Waals surface area contributed by atoms with E-state index in [2.05, 4.69) is 11.8 Å². The van der Waals surface area contributed by atoms with Gasteiger partial charge in [-0.25, -0.2) is 0 Å². The van der Waals surface area contributed by atoms with Crippen molar-refractivity contribution in [3.05, 3.63) is 0 Å². The van der Waals surface area contributed by atoms with Crippen LogP contribution in [0.25, 0.3) is 0 Å². The first kappa shape index (κ1) is 18.9. The summed E-state index contributed by atoms with van der Waals surface area (Å²) >= 11 is 0. The van der Waals surface area contributed by atoms with Gasteiger partial charge in [-0.05, 0) is 37.6 Å². The monoisotopic (exact) mass is 391 g/mol. The van der Waals surface area contributed by atoms with Crippen LogP contribution in [-0.2, 0) is 19.1 Å². The molecule has 5 fully saturated rings. The molecule has 1 unspecified atom stereocenters. The number of nitrogens with zero attached hydrogens (tertiary/aromatic N) is 1. The third kappa shape index (κ3) is 2.46. The molecule has 0 amide bonds. The molecule has 1 saturated carbocycles. The Hall–Kier alpha value is -1.14. The quantitative estimate of drug-likeness (QED) is 0.726. The summed E-state index contributed by atoms with van der Waals surface area (Å²) in [4.78, 5) is 27.5. The van der Waals surface area contributed by atoms with Gasteiger partial charge in [0.25, 0.3) is 0 Å². The van der Waals surface area contributed by atoms with Crippen LogP contribution in [0, 0.1) is 35.5 Å². The van der Waals surface area contributed by atoms with Crippen LogP contribution in [0.5, 0.6) is 0 Å². The van der Waals surface area contributed by atoms with Crippen LogP contribution in [0.3, 0.4) is 0 Å². The average Bonchev–Trinajstić information content (AvgIpc) is 3.05. The Morgan fingerprint density at radius 2 is 1.86 bits per heavy atom. The van der Waals surface area contributed by atoms with E-state index in [0.29, 0.717) is 18.4 Å². The number of hydrogen-bond donors (Lipinski definition) is 1. The number of ether oxygens (including phenoxy) is 2. The van der Waals surface area contributed by atoms with Gasteiger partial charge in [0.05, 0.1) is 24.0 Å². The van der Waals surface area contributed by atoms with Crippen molar-refractivity contribution in [1.82, 2.24) is 4.90 Å². The predicted octanol–water partition coefficient (Wildman–Crippen LogP) is 1.99. The van der Waals surface area contributed by atoms with Crippen molar-refractivity contribution >= 4 is 11.9 Å². The Labute approximate surface area is 166 Å². The van der Waals surface area contributed by atoms with Crippen molar-refractivity contribution < 1.29 is 24.2 Å². The zero-order valence-electron chi connectivity index (χ0n) is 17.1. The topological polar surface area (TPSA) is 76.1 Å². The lowest BCUT2D eigenvalue weighted by molar-refractivity contribution is -0.189. The smallest absolute Gasteiger partial charge is 0.309 e. The van der Waals surface area contributed by atoms with Gasteiger partial charge >= 0.3 is 11.9 Å². The van der Waals surface area contributed by atoms with Gasteiger partial charge in [-0.2, -0.15) is 0 Å². The maximum Gasteiger partial charge on any atom is 0.309 e. The highest BCUT2D eigenvalue weighted by molar-refractivity contribution is 5.75. The highest BCUT2D eigenvalue weighted by Gasteiger charge is 2.67. The summed E-state index contributed by atoms with van der Waals surface area (Å²) in [6, 6.07) is 0.257. The molecule has 5 rings (SSSR count). The summed E-state index contributed by atoms with van der Waals surface area (Å²) in [6.07, 6.45) is 4.11. The molecular weight excluding hydrogens is 358 g/mol. The van der Waals surface area contributed by atoms with Crippen LogP contribution < -0.4 is 0 Å². The Morgan fingerprint density at radius 3 is 2.54 bits per heavy atom. The molecule has 0 spiro atoms. The number of aliphatic hydroxyl groups excluding tert-OH is 1. The second-order valence-electron chi connectivity index (χ2n) is 9.90. The van der Waals surface area contributed by atoms with Gasteiger partial charge in [0.15, 0.2) is 0 Å². The molecule has 6 nitrogen and oxygen atoms in total. The fraction of sp³-hybridized carbons (Fsp3) is 0.909. The predicted molar refractivity (Wildman–Crippen MR) is 101 cm³/mol. The SMILES string of the molecule is CC[C@H]1[C@H](O)[C@@H]2[C@@H]3C4[C@@H]1CCCCN4[C@H]([C@H]1C[C@H](C)C(=O)O1)[C@@H]3OC(=O)[C@H]2C. The summed E-state index contributed by atoms with van der Waals surface area (Å²) in [5, 5.41) is 11.3. The van der Waals surface area contributed by atoms with Crippen molar-refractivity contribution in [2.75, 3.05) is 6.54 Å². The second kappa shape index (κ2) is 6.69. The van der Waals surface area contributed by atoms with Crippen molar-refractivity contribution in [3.63, 3.8) is 0 Å². The number of hydrogen-bond acceptors (Lipinski definition) is 6. The van der Waals surface area contributed by atoms with Crippen LogP contribution in [-0.4, -0.2) is 58.9 Å². The Kier molecular flexibility index (Phi) is 4.51. The van der Waals surface area contributed by atoms with Crippen LogP contribution in [0.2, 0.25) is 0 Å². The normalized spacial score (nSPS) is 53.4. The first-order valence-electron chi connectivity index (χ1n) is 11.3. The second-order valence-corrected chi connectivity index (χ2v) is 9.90. The molecule has 0 bridgehead atoms. The van der Waals surface area contributed by atoms with E-state index in [0.717, 1.165) is 25.8 Å². The molecular formula is C22H33NO5. The van der Waals surface area contributed by atoms with Gasteiger partial charge in [-0.15, -0.1) is 0 Å². The third-order valence-corrected chi connectivity index (χ3v) is 8.66. The first-order valence-corrected chi connectivity index (χ1v) is 11.3. The largest absolute Gasteiger partial charge is 0.460 e. The van der Waals surface area contributed by atoms with Gasteiger partial charge in [-0.3, -0.25) is 14.5 Å². The van der Waals surface area contributed by atoms with E-state index in [9.17, 15) is 14.7 Å². The minimum absolute atomic E-state index is 0.0578. The molecule has 1 aliphatic carbocycles. The highest BCUT2D eigenvalue weighted by atomic mass is 16.6. The fourth-order valence-corrected chi connectivity index (χ4v) is 7.50. The van der Waals surface area contributed by atoms with Crippen molar-refractivity contribution in [3.8, 4) is 0 Å². The maximum atomic E-state index is 12.8. The number of aliphatic hydroxyl groups is 1. The molecule has 156 valence electrons. The molecule has 0 aromatic carbocycles. The molecule has 11 atom stereocenters. The summed E-state index contributed by atoms with van der Waals surface area (Å²) < 4.78 is 11.8. The van der Waals surface area contributed by atoms with E-state index in [1.54, 1.807) is 0 Å². The van der Waals surface area contributed by atoms with E-state index in [-0.39, 0.29) is 59.8 Å². The molecule has 4 aliphatic heterocycles. The molecule has 1 N–H and O–H groups in total. The van der Waals surface area contributed by atoms with Gasteiger partial charge in [-0.1, -0.05) is 33.6 Å². The summed E-state index contributed by atoms with van der Waals surface area (Å²) in [7, 11) is 0. The van der Waals surface area contributed by atoms with E-state index in [4.69, 9.17) is 9.47 Å². The maximum absolute atomic E-state index is 12.8. The van der Waals surface area contributed by atoms with Crippen molar-refractivity contribution in [1.29, 1.82) is 0 Å². The standard InChI is InChI=1S/C22H33NO5/c1-4-12-13-7-5-6-8-23-17(13)16-15(19(12)24)11(3)22(26)28-20(16)18(23)14-9-10(2)21(25)27-14/h10-20,24H,4-9H2,1-3H3/t10-,11-,12+,13+,14+,15-,16+,17?,18+,19-,20+/m0/s1. The fourth-order valence-electron chi connectivity index (χ4n) is 7.50. The Bertz CT molecular complexity index is 667. The Balaban J connectivity index is 1.59. The minimum atomic E-state index is -0.453. The summed E-state index contributed by atoms with van der Waals surface area (Å²) in [5.74, 6) is 0.0344. The van der Waals surface area contributed by atoms with E-state index < -0.39 is 6.10 Å². The lowest BCUT2D eigenvalue weighted by atomic mass is 9.57. The molecule has 0 radical (unpaired) electrons. The van der Waals surface area contributed by atoms with Crippen LogP contribution in [0.15, 0.2) is 0 Å². The first-order chi connectivity index (χ1) is 13.4. The highest BCUT2D eigenvalue weighted by Crippen LogP contribution is 2.57. The van der Waals surface area contributed by atoms with Crippen LogP contribution in [0.1, 0.15) is 52.9 Å². The average molecular weight is 392 g/mol. The zero-order valence-corrected chi connectivity index (χ0v) is 17.1. The molecule has 0 aromatic heterocycles. The Morgan fingerprint density at radius 1 is 1.07 bits per heavy atom. The van der Waals surface area contributed by atoms with Gasteiger partial charge in [0, 0.05) is 17.9 Å².